The Kier molecular flexibility index (Phi) is 5.99. The standard InChI is InChI=1S/C22H27FN2O2/c1-5-6-11-26-22-15(2)13-18(14-16(22)3)10-12-27-25-17(4)24-21-19(23)8-7-9-20(21)25/h7-9,13-14H,5-6,10-12H2,1-4H3. The number of unbranched alkanes of at least 4 members (excludes halogenated alkanes) is 1. The smallest absolute Gasteiger partial charge is 0.151 e. The number of nitrogens with zero attached hydrogens (tertiary/aromatic N) is 2. The van der Waals surface area contributed by atoms with Crippen molar-refractivity contribution in [2.45, 2.75) is 47.0 Å². The van der Waals surface area contributed by atoms with Crippen molar-refractivity contribution in [3.8, 4) is 5.75 Å². The molecule has 0 bridgehead atoms. The van der Waals surface area contributed by atoms with Crippen LogP contribution in [-0.2, 0) is 6.42 Å². The van der Waals surface area contributed by atoms with Crippen molar-refractivity contribution >= 4 is 11.0 Å². The Morgan fingerprint density at radius 3 is 2.52 bits per heavy atom. The number of para-hydroxylation sites is 1. The molecule has 2 aromatic carbocycles. The van der Waals surface area contributed by atoms with Gasteiger partial charge in [-0.15, -0.1) is 0 Å². The van der Waals surface area contributed by atoms with Crippen LogP contribution in [0.25, 0.3) is 11.0 Å². The lowest BCUT2D eigenvalue weighted by Gasteiger charge is -2.14. The molecule has 0 spiro atoms. The van der Waals surface area contributed by atoms with Crippen molar-refractivity contribution in [3.05, 3.63) is 58.7 Å². The highest BCUT2D eigenvalue weighted by atomic mass is 19.1. The molecule has 0 saturated carbocycles. The van der Waals surface area contributed by atoms with E-state index in [-0.39, 0.29) is 5.82 Å². The third-order valence-corrected chi connectivity index (χ3v) is 4.63. The van der Waals surface area contributed by atoms with E-state index in [9.17, 15) is 4.39 Å². The van der Waals surface area contributed by atoms with Gasteiger partial charge in [0, 0.05) is 6.42 Å². The summed E-state index contributed by atoms with van der Waals surface area (Å²) in [5.74, 6) is 1.30. The van der Waals surface area contributed by atoms with E-state index >= 15 is 0 Å². The lowest BCUT2D eigenvalue weighted by atomic mass is 10.0. The van der Waals surface area contributed by atoms with E-state index in [1.807, 2.05) is 13.0 Å². The number of ether oxygens (including phenoxy) is 1. The first-order valence-corrected chi connectivity index (χ1v) is 9.51. The quantitative estimate of drug-likeness (QED) is 0.526. The van der Waals surface area contributed by atoms with Gasteiger partial charge in [-0.3, -0.25) is 0 Å². The summed E-state index contributed by atoms with van der Waals surface area (Å²) < 4.78 is 21.4. The molecule has 144 valence electrons. The van der Waals surface area contributed by atoms with Crippen LogP contribution in [0.2, 0.25) is 0 Å². The lowest BCUT2D eigenvalue weighted by Crippen LogP contribution is -2.16. The average molecular weight is 370 g/mol. The first-order valence-electron chi connectivity index (χ1n) is 9.51. The van der Waals surface area contributed by atoms with Crippen LogP contribution in [0.15, 0.2) is 30.3 Å². The Balaban J connectivity index is 1.67. The first kappa shape index (κ1) is 19.2. The zero-order valence-electron chi connectivity index (χ0n) is 16.5. The molecular formula is C22H27FN2O2. The van der Waals surface area contributed by atoms with Crippen LogP contribution in [0, 0.1) is 26.6 Å². The minimum absolute atomic E-state index is 0.331. The monoisotopic (exact) mass is 370 g/mol. The molecule has 0 radical (unpaired) electrons. The number of rotatable bonds is 8. The summed E-state index contributed by atoms with van der Waals surface area (Å²) in [6.45, 7) is 9.37. The van der Waals surface area contributed by atoms with Crippen LogP contribution in [-0.4, -0.2) is 22.9 Å². The molecular weight excluding hydrogens is 343 g/mol. The maximum Gasteiger partial charge on any atom is 0.151 e. The highest BCUT2D eigenvalue weighted by Crippen LogP contribution is 2.25. The van der Waals surface area contributed by atoms with Crippen LogP contribution in [0.5, 0.6) is 5.75 Å². The predicted molar refractivity (Wildman–Crippen MR) is 106 cm³/mol. The minimum Gasteiger partial charge on any atom is -0.493 e. The summed E-state index contributed by atoms with van der Waals surface area (Å²) in [7, 11) is 0. The summed E-state index contributed by atoms with van der Waals surface area (Å²) in [5, 5.41) is 0. The minimum atomic E-state index is -0.331. The fourth-order valence-electron chi connectivity index (χ4n) is 3.31. The zero-order chi connectivity index (χ0) is 19.4. The molecule has 27 heavy (non-hydrogen) atoms. The molecule has 1 aromatic heterocycles. The summed E-state index contributed by atoms with van der Waals surface area (Å²) in [6, 6.07) is 9.19. The van der Waals surface area contributed by atoms with Gasteiger partial charge in [0.25, 0.3) is 0 Å². The predicted octanol–water partition coefficient (Wildman–Crippen LogP) is 4.95. The number of halogens is 1. The van der Waals surface area contributed by atoms with Crippen molar-refractivity contribution < 1.29 is 14.0 Å². The van der Waals surface area contributed by atoms with Crippen molar-refractivity contribution in [2.75, 3.05) is 13.2 Å². The number of aryl methyl sites for hydroxylation is 3. The fraction of sp³-hybridized carbons (Fsp3) is 0.409. The molecule has 4 nitrogen and oxygen atoms in total. The number of fused-ring (bicyclic) bond motifs is 1. The SMILES string of the molecule is CCCCOc1c(C)cc(CCOn2c(C)nc3c(F)cccc32)cc1C. The van der Waals surface area contributed by atoms with E-state index in [0.29, 0.717) is 23.5 Å². The number of hydrogen-bond acceptors (Lipinski definition) is 3. The van der Waals surface area contributed by atoms with Gasteiger partial charge in [0.05, 0.1) is 6.61 Å². The molecule has 0 N–H and O–H groups in total. The van der Waals surface area contributed by atoms with Gasteiger partial charge in [0.15, 0.2) is 5.82 Å². The summed E-state index contributed by atoms with van der Waals surface area (Å²) in [6.07, 6.45) is 2.94. The van der Waals surface area contributed by atoms with Gasteiger partial charge in [0.2, 0.25) is 0 Å². The van der Waals surface area contributed by atoms with Crippen LogP contribution in [0.4, 0.5) is 4.39 Å². The van der Waals surface area contributed by atoms with Gasteiger partial charge in [-0.2, -0.15) is 4.73 Å². The van der Waals surface area contributed by atoms with Crippen molar-refractivity contribution in [1.82, 2.24) is 9.71 Å². The van der Waals surface area contributed by atoms with Gasteiger partial charge in [0.1, 0.15) is 29.2 Å². The molecule has 0 saturated heterocycles. The van der Waals surface area contributed by atoms with Gasteiger partial charge >= 0.3 is 0 Å². The largest absolute Gasteiger partial charge is 0.493 e. The van der Waals surface area contributed by atoms with E-state index in [0.717, 1.165) is 42.7 Å². The lowest BCUT2D eigenvalue weighted by molar-refractivity contribution is 0.117. The third-order valence-electron chi connectivity index (χ3n) is 4.63. The molecule has 1 heterocycles. The van der Waals surface area contributed by atoms with Crippen LogP contribution in [0.1, 0.15) is 42.3 Å². The second-order valence-electron chi connectivity index (χ2n) is 6.90. The van der Waals surface area contributed by atoms with E-state index in [1.165, 1.54) is 11.6 Å². The Morgan fingerprint density at radius 2 is 1.81 bits per heavy atom. The third kappa shape index (κ3) is 4.24. The maximum absolute atomic E-state index is 13.9. The highest BCUT2D eigenvalue weighted by Gasteiger charge is 2.12. The van der Waals surface area contributed by atoms with Crippen molar-refractivity contribution in [3.63, 3.8) is 0 Å². The first-order chi connectivity index (χ1) is 13.0. The molecule has 3 aromatic rings. The molecule has 3 rings (SSSR count). The van der Waals surface area contributed by atoms with Gasteiger partial charge < -0.3 is 9.57 Å². The topological polar surface area (TPSA) is 36.3 Å². The number of aromatic nitrogens is 2. The normalized spacial score (nSPS) is 11.1. The zero-order valence-corrected chi connectivity index (χ0v) is 16.5. The van der Waals surface area contributed by atoms with E-state index < -0.39 is 0 Å². The Hall–Kier alpha value is -2.56. The van der Waals surface area contributed by atoms with Gasteiger partial charge in [-0.25, -0.2) is 9.37 Å². The number of imidazole rings is 1. The maximum atomic E-state index is 13.9. The Morgan fingerprint density at radius 1 is 1.07 bits per heavy atom. The molecule has 0 atom stereocenters. The van der Waals surface area contributed by atoms with Gasteiger partial charge in [-0.05, 0) is 56.0 Å². The fourth-order valence-corrected chi connectivity index (χ4v) is 3.31. The highest BCUT2D eigenvalue weighted by molar-refractivity contribution is 5.76. The van der Waals surface area contributed by atoms with E-state index in [2.05, 4.69) is 37.9 Å². The Labute approximate surface area is 159 Å². The van der Waals surface area contributed by atoms with Crippen LogP contribution < -0.4 is 9.57 Å². The van der Waals surface area contributed by atoms with Crippen LogP contribution >= 0.6 is 0 Å². The molecule has 0 aliphatic rings. The second kappa shape index (κ2) is 8.42. The molecule has 5 heteroatoms. The van der Waals surface area contributed by atoms with Gasteiger partial charge in [-0.1, -0.05) is 31.5 Å². The molecule has 0 amide bonds. The summed E-state index contributed by atoms with van der Waals surface area (Å²) in [5.41, 5.74) is 4.48. The number of benzene rings is 2. The van der Waals surface area contributed by atoms with E-state index in [4.69, 9.17) is 9.57 Å². The Bertz CT molecular complexity index is 910. The van der Waals surface area contributed by atoms with E-state index in [1.54, 1.807) is 10.8 Å². The second-order valence-corrected chi connectivity index (χ2v) is 6.90. The van der Waals surface area contributed by atoms with Crippen molar-refractivity contribution in [2.24, 2.45) is 0 Å². The molecule has 0 fully saturated rings. The molecule has 0 aliphatic carbocycles. The average Bonchev–Trinajstić information content (AvgIpc) is 2.95. The summed E-state index contributed by atoms with van der Waals surface area (Å²) in [4.78, 5) is 10.2. The molecule has 0 unspecified atom stereocenters. The molecule has 0 aliphatic heterocycles. The van der Waals surface area contributed by atoms with Crippen LogP contribution in [0.3, 0.4) is 0 Å². The van der Waals surface area contributed by atoms with Crippen molar-refractivity contribution in [1.29, 1.82) is 0 Å². The summed E-state index contributed by atoms with van der Waals surface area (Å²) >= 11 is 0. The number of hydrogen-bond donors (Lipinski definition) is 0.